The van der Waals surface area contributed by atoms with Gasteiger partial charge in [0.15, 0.2) is 0 Å². The number of hydrogen-bond acceptors (Lipinski definition) is 5. The summed E-state index contributed by atoms with van der Waals surface area (Å²) in [6, 6.07) is 10.2. The third-order valence-electron chi connectivity index (χ3n) is 4.47. The number of benzene rings is 1. The highest BCUT2D eigenvalue weighted by Crippen LogP contribution is 2.22. The van der Waals surface area contributed by atoms with Crippen molar-refractivity contribution in [1.29, 1.82) is 0 Å². The molecule has 0 atom stereocenters. The van der Waals surface area contributed by atoms with Crippen LogP contribution in [-0.2, 0) is 17.8 Å². The molecule has 130 valence electrons. The Labute approximate surface area is 146 Å². The predicted octanol–water partition coefficient (Wildman–Crippen LogP) is 1.52. The Morgan fingerprint density at radius 2 is 1.88 bits per heavy atom. The highest BCUT2D eigenvalue weighted by atomic mass is 16.5. The molecule has 7 nitrogen and oxygen atoms in total. The van der Waals surface area contributed by atoms with Crippen molar-refractivity contribution in [2.75, 3.05) is 32.8 Å². The summed E-state index contributed by atoms with van der Waals surface area (Å²) in [5, 5.41) is 13.0. The molecule has 0 radical (unpaired) electrons. The van der Waals surface area contributed by atoms with Crippen LogP contribution in [0.5, 0.6) is 0 Å². The van der Waals surface area contributed by atoms with Crippen LogP contribution in [0, 0.1) is 0 Å². The van der Waals surface area contributed by atoms with Crippen LogP contribution in [0.25, 0.3) is 11.3 Å². The lowest BCUT2D eigenvalue weighted by molar-refractivity contribution is 0.0359. The molecule has 2 aromatic heterocycles. The van der Waals surface area contributed by atoms with E-state index in [1.807, 2.05) is 40.0 Å². The molecular formula is C18H22N6O. The Kier molecular flexibility index (Phi) is 4.85. The lowest BCUT2D eigenvalue weighted by Gasteiger charge is -2.26. The Bertz CT molecular complexity index is 792. The summed E-state index contributed by atoms with van der Waals surface area (Å²) in [6.07, 6.45) is 5.79. The van der Waals surface area contributed by atoms with E-state index in [1.54, 1.807) is 6.20 Å². The van der Waals surface area contributed by atoms with Crippen LogP contribution in [-0.4, -0.2) is 62.5 Å². The molecule has 0 unspecified atom stereocenters. The quantitative estimate of drug-likeness (QED) is 0.682. The molecule has 0 spiro atoms. The van der Waals surface area contributed by atoms with Crippen LogP contribution in [0.3, 0.4) is 0 Å². The first-order valence-corrected chi connectivity index (χ1v) is 8.64. The van der Waals surface area contributed by atoms with Gasteiger partial charge in [-0.3, -0.25) is 14.3 Å². The molecule has 1 saturated heterocycles. The number of rotatable bonds is 6. The van der Waals surface area contributed by atoms with Crippen molar-refractivity contribution < 1.29 is 4.74 Å². The zero-order chi connectivity index (χ0) is 16.9. The molecule has 1 aromatic carbocycles. The summed E-state index contributed by atoms with van der Waals surface area (Å²) in [6.45, 7) is 6.18. The second-order valence-electron chi connectivity index (χ2n) is 6.18. The SMILES string of the molecule is c1ccc(-c2cn(CCN3CCOCC3)nn2)c(Cn2cccn2)c1. The Morgan fingerprint density at radius 1 is 1.00 bits per heavy atom. The summed E-state index contributed by atoms with van der Waals surface area (Å²) in [4.78, 5) is 2.40. The van der Waals surface area contributed by atoms with E-state index in [4.69, 9.17) is 4.74 Å². The molecule has 3 aromatic rings. The Balaban J connectivity index is 1.46. The van der Waals surface area contributed by atoms with Gasteiger partial charge in [0.05, 0.1) is 32.5 Å². The van der Waals surface area contributed by atoms with E-state index in [2.05, 4.69) is 32.4 Å². The molecule has 25 heavy (non-hydrogen) atoms. The molecule has 3 heterocycles. The third-order valence-corrected chi connectivity index (χ3v) is 4.47. The first-order chi connectivity index (χ1) is 12.4. The predicted molar refractivity (Wildman–Crippen MR) is 94.0 cm³/mol. The number of morpholine rings is 1. The largest absolute Gasteiger partial charge is 0.379 e. The first kappa shape index (κ1) is 16.0. The number of aromatic nitrogens is 5. The zero-order valence-corrected chi connectivity index (χ0v) is 14.2. The summed E-state index contributed by atoms with van der Waals surface area (Å²) in [5.41, 5.74) is 3.20. The second-order valence-corrected chi connectivity index (χ2v) is 6.18. The molecule has 0 aliphatic carbocycles. The fraction of sp³-hybridized carbons (Fsp3) is 0.389. The molecule has 7 heteroatoms. The molecular weight excluding hydrogens is 316 g/mol. The van der Waals surface area contributed by atoms with E-state index in [1.165, 1.54) is 5.56 Å². The molecule has 0 amide bonds. The van der Waals surface area contributed by atoms with Crippen molar-refractivity contribution >= 4 is 0 Å². The first-order valence-electron chi connectivity index (χ1n) is 8.64. The Hall–Kier alpha value is -2.51. The fourth-order valence-corrected chi connectivity index (χ4v) is 3.08. The van der Waals surface area contributed by atoms with E-state index in [0.717, 1.165) is 57.2 Å². The van der Waals surface area contributed by atoms with Crippen LogP contribution in [0.2, 0.25) is 0 Å². The molecule has 0 saturated carbocycles. The smallest absolute Gasteiger partial charge is 0.113 e. The summed E-state index contributed by atoms with van der Waals surface area (Å²) in [5.74, 6) is 0. The highest BCUT2D eigenvalue weighted by Gasteiger charge is 2.12. The van der Waals surface area contributed by atoms with Gasteiger partial charge >= 0.3 is 0 Å². The minimum absolute atomic E-state index is 0.726. The summed E-state index contributed by atoms with van der Waals surface area (Å²) >= 11 is 0. The second kappa shape index (κ2) is 7.58. The number of nitrogens with zero attached hydrogens (tertiary/aromatic N) is 6. The molecule has 1 aliphatic rings. The Morgan fingerprint density at radius 3 is 2.72 bits per heavy atom. The van der Waals surface area contributed by atoms with E-state index in [-0.39, 0.29) is 0 Å². The van der Waals surface area contributed by atoms with Gasteiger partial charge in [0.1, 0.15) is 5.69 Å². The van der Waals surface area contributed by atoms with Crippen molar-refractivity contribution in [2.45, 2.75) is 13.1 Å². The summed E-state index contributed by atoms with van der Waals surface area (Å²) < 4.78 is 9.23. The lowest BCUT2D eigenvalue weighted by Crippen LogP contribution is -2.38. The van der Waals surface area contributed by atoms with Gasteiger partial charge < -0.3 is 4.74 Å². The van der Waals surface area contributed by atoms with E-state index in [9.17, 15) is 0 Å². The average Bonchev–Trinajstić information content (AvgIpc) is 3.33. The standard InChI is InChI=1S/C18H22N6O/c1-2-5-17(16(4-1)14-23-7-3-6-19-23)18-15-24(21-20-18)9-8-22-10-12-25-13-11-22/h1-7,15H,8-14H2. The van der Waals surface area contributed by atoms with E-state index >= 15 is 0 Å². The summed E-state index contributed by atoms with van der Waals surface area (Å²) in [7, 11) is 0. The molecule has 4 rings (SSSR count). The van der Waals surface area contributed by atoms with Crippen LogP contribution in [0.4, 0.5) is 0 Å². The van der Waals surface area contributed by atoms with Crippen LogP contribution >= 0.6 is 0 Å². The number of ether oxygens (including phenoxy) is 1. The van der Waals surface area contributed by atoms with Gasteiger partial charge in [-0.15, -0.1) is 5.10 Å². The van der Waals surface area contributed by atoms with E-state index < -0.39 is 0 Å². The van der Waals surface area contributed by atoms with Gasteiger partial charge in [0.2, 0.25) is 0 Å². The van der Waals surface area contributed by atoms with Crippen LogP contribution < -0.4 is 0 Å². The monoisotopic (exact) mass is 338 g/mol. The van der Waals surface area contributed by atoms with Gasteiger partial charge in [0, 0.05) is 37.6 Å². The molecule has 0 N–H and O–H groups in total. The van der Waals surface area contributed by atoms with Gasteiger partial charge in [-0.25, -0.2) is 0 Å². The van der Waals surface area contributed by atoms with Crippen molar-refractivity contribution in [3.05, 3.63) is 54.5 Å². The minimum Gasteiger partial charge on any atom is -0.379 e. The van der Waals surface area contributed by atoms with Gasteiger partial charge in [0.25, 0.3) is 0 Å². The lowest BCUT2D eigenvalue weighted by atomic mass is 10.1. The molecule has 0 bridgehead atoms. The number of hydrogen-bond donors (Lipinski definition) is 0. The van der Waals surface area contributed by atoms with Gasteiger partial charge in [-0.1, -0.05) is 29.5 Å². The third kappa shape index (κ3) is 3.94. The maximum absolute atomic E-state index is 5.39. The van der Waals surface area contributed by atoms with Crippen molar-refractivity contribution in [3.8, 4) is 11.3 Å². The maximum Gasteiger partial charge on any atom is 0.113 e. The van der Waals surface area contributed by atoms with Crippen LogP contribution in [0.15, 0.2) is 48.9 Å². The zero-order valence-electron chi connectivity index (χ0n) is 14.2. The van der Waals surface area contributed by atoms with E-state index in [0.29, 0.717) is 0 Å². The minimum atomic E-state index is 0.726. The molecule has 1 aliphatic heterocycles. The van der Waals surface area contributed by atoms with Crippen molar-refractivity contribution in [3.63, 3.8) is 0 Å². The normalized spacial score (nSPS) is 15.5. The van der Waals surface area contributed by atoms with Gasteiger partial charge in [-0.05, 0) is 11.6 Å². The van der Waals surface area contributed by atoms with Crippen molar-refractivity contribution in [2.24, 2.45) is 0 Å². The van der Waals surface area contributed by atoms with Crippen molar-refractivity contribution in [1.82, 2.24) is 29.7 Å². The van der Waals surface area contributed by atoms with Crippen LogP contribution in [0.1, 0.15) is 5.56 Å². The maximum atomic E-state index is 5.39. The molecule has 1 fully saturated rings. The fourth-order valence-electron chi connectivity index (χ4n) is 3.08. The van der Waals surface area contributed by atoms with Gasteiger partial charge in [-0.2, -0.15) is 5.10 Å². The topological polar surface area (TPSA) is 61.0 Å². The average molecular weight is 338 g/mol. The highest BCUT2D eigenvalue weighted by molar-refractivity contribution is 5.62.